The number of nitrogen functional groups attached to an aromatic ring is 1. The molecule has 2 nitrogen and oxygen atoms in total. The number of halogens is 3. The lowest BCUT2D eigenvalue weighted by molar-refractivity contribution is 0.112. The van der Waals surface area contributed by atoms with E-state index in [1.165, 1.54) is 0 Å². The molecule has 0 aliphatic rings. The largest absolute Gasteiger partial charge is 0.398 e. The van der Waals surface area contributed by atoms with Gasteiger partial charge >= 0.3 is 0 Å². The van der Waals surface area contributed by atoms with Crippen molar-refractivity contribution >= 4 is 46.8 Å². The van der Waals surface area contributed by atoms with E-state index >= 15 is 0 Å². The number of hydrogen-bond acceptors (Lipinski definition) is 2. The van der Waals surface area contributed by atoms with Gasteiger partial charge in [0.25, 0.3) is 0 Å². The highest BCUT2D eigenvalue weighted by molar-refractivity contribution is 6.63. The first-order valence-electron chi connectivity index (χ1n) is 3.30. The fourth-order valence-corrected chi connectivity index (χ4v) is 0.618. The van der Waals surface area contributed by atoms with Crippen LogP contribution in [0.4, 0.5) is 5.69 Å². The third-order valence-corrected chi connectivity index (χ3v) is 1.12. The molecule has 0 atom stereocenters. The minimum atomic E-state index is -0.750. The first kappa shape index (κ1) is 12.6. The van der Waals surface area contributed by atoms with E-state index in [4.69, 9.17) is 40.5 Å². The van der Waals surface area contributed by atoms with Gasteiger partial charge in [-0.25, -0.2) is 0 Å². The number of carbonyl (C=O) groups excluding carboxylic acids is 1. The Morgan fingerprint density at radius 1 is 1.23 bits per heavy atom. The van der Waals surface area contributed by atoms with Crippen LogP contribution in [0.5, 0.6) is 0 Å². The van der Waals surface area contributed by atoms with Gasteiger partial charge in [-0.1, -0.05) is 46.9 Å². The van der Waals surface area contributed by atoms with Gasteiger partial charge in [-0.05, 0) is 12.1 Å². The summed E-state index contributed by atoms with van der Waals surface area (Å²) < 4.78 is -0.750. The van der Waals surface area contributed by atoms with Gasteiger partial charge in [0.05, 0.1) is 0 Å². The van der Waals surface area contributed by atoms with Gasteiger partial charge in [0.1, 0.15) is 0 Å². The molecular weight excluding hydrogens is 232 g/mol. The molecule has 0 unspecified atom stereocenters. The number of para-hydroxylation sites is 1. The minimum Gasteiger partial charge on any atom is -0.398 e. The van der Waals surface area contributed by atoms with Crippen LogP contribution in [0.15, 0.2) is 24.3 Å². The average Bonchev–Trinajstić information content (AvgIpc) is 2.04. The Hall–Kier alpha value is -0.440. The molecule has 5 heteroatoms. The molecule has 0 aromatic heterocycles. The van der Waals surface area contributed by atoms with E-state index in [-0.39, 0.29) is 0 Å². The van der Waals surface area contributed by atoms with Crippen molar-refractivity contribution in [3.63, 3.8) is 0 Å². The number of hydrogen-bond donors (Lipinski definition) is 1. The maximum absolute atomic E-state index is 10.1. The molecule has 72 valence electrons. The molecule has 0 radical (unpaired) electrons. The Balaban J connectivity index is 0.000000310. The highest BCUT2D eigenvalue weighted by Crippen LogP contribution is 2.05. The second-order valence-corrected chi connectivity index (χ2v) is 3.97. The van der Waals surface area contributed by atoms with Gasteiger partial charge < -0.3 is 5.73 Å². The van der Waals surface area contributed by atoms with E-state index in [2.05, 4.69) is 0 Å². The molecule has 0 saturated heterocycles. The van der Waals surface area contributed by atoms with Crippen molar-refractivity contribution in [3.05, 3.63) is 29.8 Å². The predicted octanol–water partition coefficient (Wildman–Crippen LogP) is 3.07. The summed E-state index contributed by atoms with van der Waals surface area (Å²) in [5.41, 5.74) is 6.49. The molecule has 1 aromatic rings. The summed E-state index contributed by atoms with van der Waals surface area (Å²) in [4.78, 5) is 10.1. The first-order valence-corrected chi connectivity index (χ1v) is 4.60. The van der Waals surface area contributed by atoms with Gasteiger partial charge in [0, 0.05) is 11.3 Å². The highest BCUT2D eigenvalue weighted by Gasteiger charge is 1.90. The molecule has 0 saturated carbocycles. The van der Waals surface area contributed by atoms with Crippen LogP contribution in [0.1, 0.15) is 10.4 Å². The molecule has 1 aromatic carbocycles. The summed E-state index contributed by atoms with van der Waals surface area (Å²) in [6.07, 6.45) is 0.745. The van der Waals surface area contributed by atoms with Crippen molar-refractivity contribution in [1.29, 1.82) is 0 Å². The number of carbonyl (C=O) groups is 1. The predicted molar refractivity (Wildman–Crippen MR) is 57.6 cm³/mol. The molecule has 0 fully saturated rings. The summed E-state index contributed by atoms with van der Waals surface area (Å²) in [5.74, 6) is 0. The third-order valence-electron chi connectivity index (χ3n) is 1.12. The van der Waals surface area contributed by atoms with Crippen molar-refractivity contribution in [1.82, 2.24) is 0 Å². The Labute approximate surface area is 91.6 Å². The van der Waals surface area contributed by atoms with Gasteiger partial charge in [0.15, 0.2) is 10.6 Å². The molecule has 0 spiro atoms. The fraction of sp³-hybridized carbons (Fsp3) is 0.125. The smallest absolute Gasteiger partial charge is 0.180 e. The summed E-state index contributed by atoms with van der Waals surface area (Å²) in [6.45, 7) is 0. The summed E-state index contributed by atoms with van der Waals surface area (Å²) in [5, 5.41) is 0. The number of aldehydes is 1. The maximum Gasteiger partial charge on any atom is 0.180 e. The summed E-state index contributed by atoms with van der Waals surface area (Å²) >= 11 is 14.4. The van der Waals surface area contributed by atoms with Gasteiger partial charge in [0.2, 0.25) is 0 Å². The van der Waals surface area contributed by atoms with E-state index < -0.39 is 4.30 Å². The van der Waals surface area contributed by atoms with Crippen LogP contribution < -0.4 is 5.73 Å². The molecule has 0 bridgehead atoms. The number of benzene rings is 1. The SMILES string of the molecule is ClC(Cl)Cl.Nc1ccccc1C=O. The van der Waals surface area contributed by atoms with Gasteiger partial charge in [-0.15, -0.1) is 0 Å². The van der Waals surface area contributed by atoms with Gasteiger partial charge in [-0.2, -0.15) is 0 Å². The second-order valence-electron chi connectivity index (χ2n) is 1.99. The zero-order chi connectivity index (χ0) is 10.3. The van der Waals surface area contributed by atoms with Crippen molar-refractivity contribution in [3.8, 4) is 0 Å². The van der Waals surface area contributed by atoms with Crippen LogP contribution in [0.3, 0.4) is 0 Å². The van der Waals surface area contributed by atoms with Crippen molar-refractivity contribution in [2.24, 2.45) is 0 Å². The lowest BCUT2D eigenvalue weighted by Crippen LogP contribution is -1.90. The number of alkyl halides is 3. The van der Waals surface area contributed by atoms with Crippen molar-refractivity contribution in [2.45, 2.75) is 4.30 Å². The van der Waals surface area contributed by atoms with Crippen LogP contribution in [-0.2, 0) is 0 Å². The van der Waals surface area contributed by atoms with Crippen LogP contribution in [-0.4, -0.2) is 10.6 Å². The summed E-state index contributed by atoms with van der Waals surface area (Å²) in [6, 6.07) is 6.95. The number of nitrogens with two attached hydrogens (primary N) is 1. The Morgan fingerprint density at radius 2 is 1.69 bits per heavy atom. The Bertz CT molecular complexity index is 263. The van der Waals surface area contributed by atoms with Crippen LogP contribution >= 0.6 is 34.8 Å². The molecular formula is C8H8Cl3NO. The van der Waals surface area contributed by atoms with Crippen molar-refractivity contribution < 1.29 is 4.79 Å². The minimum absolute atomic E-state index is 0.535. The topological polar surface area (TPSA) is 43.1 Å². The van der Waals surface area contributed by atoms with E-state index in [1.807, 2.05) is 0 Å². The zero-order valence-corrected chi connectivity index (χ0v) is 8.85. The lowest BCUT2D eigenvalue weighted by Gasteiger charge is -1.92. The molecule has 1 rings (SSSR count). The molecule has 0 aliphatic carbocycles. The average molecular weight is 241 g/mol. The summed E-state index contributed by atoms with van der Waals surface area (Å²) in [7, 11) is 0. The first-order chi connectivity index (χ1) is 6.07. The van der Waals surface area contributed by atoms with Crippen LogP contribution in [0, 0.1) is 0 Å². The standard InChI is InChI=1S/C7H7NO.CHCl3/c8-7-4-2-1-3-6(7)5-9;2-1(3)4/h1-5H,8H2;1H. The maximum atomic E-state index is 10.1. The fourth-order valence-electron chi connectivity index (χ4n) is 0.618. The molecule has 2 N–H and O–H groups in total. The van der Waals surface area contributed by atoms with Crippen molar-refractivity contribution in [2.75, 3.05) is 5.73 Å². The van der Waals surface area contributed by atoms with E-state index in [0.717, 1.165) is 6.29 Å². The molecule has 13 heavy (non-hydrogen) atoms. The quantitative estimate of drug-likeness (QED) is 0.466. The Morgan fingerprint density at radius 3 is 2.00 bits per heavy atom. The monoisotopic (exact) mass is 239 g/mol. The zero-order valence-electron chi connectivity index (χ0n) is 6.58. The second kappa shape index (κ2) is 7.01. The molecule has 0 heterocycles. The van der Waals surface area contributed by atoms with E-state index in [0.29, 0.717) is 11.3 Å². The van der Waals surface area contributed by atoms with Crippen LogP contribution in [0.25, 0.3) is 0 Å². The van der Waals surface area contributed by atoms with Crippen LogP contribution in [0.2, 0.25) is 0 Å². The molecule has 0 amide bonds. The Kier molecular flexibility index (Phi) is 6.77. The lowest BCUT2D eigenvalue weighted by atomic mass is 10.2. The normalized spacial score (nSPS) is 8.92. The third kappa shape index (κ3) is 6.70. The van der Waals surface area contributed by atoms with E-state index in [1.54, 1.807) is 24.3 Å². The molecule has 0 aliphatic heterocycles. The highest BCUT2D eigenvalue weighted by atomic mass is 35.6. The van der Waals surface area contributed by atoms with E-state index in [9.17, 15) is 4.79 Å². The van der Waals surface area contributed by atoms with Gasteiger partial charge in [-0.3, -0.25) is 4.79 Å². The number of anilines is 1. The number of rotatable bonds is 1.